The SMILES string of the molecule is CCCCCc1ccccc1C[C@H]1C[C@H]2C=C[C@@H]3C[C@H]4CC5=C6C[C@@]78C=CC[C@]9(C)[C@@H](O)CC[C@@]5([C@@H]5C=c%10ccccc%10=C(Cc%10cccc(c%10)C%10=CC=C(NCCC[C@@H](C%11CCCCC%11)/C(=C/O)CC[C@@H](C(=O)O)[C@@]%11%12C=C[C@@H]%13[C@]2(CC[C@]3%13[C@@]6(C[C@H]%11O)[C@]4%12C)C1)NC%10)C5=C7)[C@@H]89. The first-order valence-corrected chi connectivity index (χ1v) is 38.5. The first-order valence-electron chi connectivity index (χ1n) is 38.5. The van der Waals surface area contributed by atoms with E-state index < -0.39 is 45.8 Å². The lowest BCUT2D eigenvalue weighted by Crippen LogP contribution is -2.72. The smallest absolute Gasteiger partial charge is 0.307 e. The Morgan fingerprint density at radius 2 is 1.63 bits per heavy atom. The van der Waals surface area contributed by atoms with Crippen molar-refractivity contribution in [2.45, 2.75) is 200 Å². The Morgan fingerprint density at radius 1 is 0.789 bits per heavy atom. The normalized spacial score (nSPS) is 43.5. The zero-order valence-corrected chi connectivity index (χ0v) is 57.2. The molecule has 0 saturated heterocycles. The number of hydrogen-bond donors (Lipinski definition) is 6. The van der Waals surface area contributed by atoms with Crippen molar-refractivity contribution < 1.29 is 25.2 Å². The summed E-state index contributed by atoms with van der Waals surface area (Å²) in [5.74, 6) is 1.81. The number of dihydropyridines is 1. The summed E-state index contributed by atoms with van der Waals surface area (Å²) in [5, 5.41) is 62.2. The standard InChI is InChI=1S/C88H106N2O5/c1-4-5-7-18-57-19-10-11-22-59(57)43-56-44-64-29-30-65-47-66-48-73-74-51-83-36-16-35-81(2)76(92)34-37-85(73,80(81)83)72-46-61-23-12-13-25-68(61)69(70(72)50-83)45-55-17-14-24-60(42-55)62-28-32-78(90-53-62)89-41-15-26-67(58-20-8-6-9-21-58)63(54-91)27-31-71(79(94)95)87-38-33-75-84(64,49-56)39-40-86(65,75)88(74,52-77(87)93)82(66,87)3/h10-14,16-17,19,22-25,28-30,32-33,36,38,42,46,50,54,56,58,64-67,71-72,75-77,80,89-93H,4-9,15,18,20-21,26-27,31,34-35,37,39-41,43-45,47-49,51-53H2,1-3H3,(H,94,95)/b63-54+/t56-,64+,65+,66-,67-,71-,72+,75+,76-,77+,80+,81+,82+,83+,84+,85-,86-,87-,88+/m0/s1. The van der Waals surface area contributed by atoms with E-state index in [4.69, 9.17) is 0 Å². The highest BCUT2D eigenvalue weighted by Crippen LogP contribution is 2.93. The molecular weight excluding hydrogens is 1160 g/mol. The quantitative estimate of drug-likeness (QED) is 0.0755. The third kappa shape index (κ3) is 8.21. The summed E-state index contributed by atoms with van der Waals surface area (Å²) >= 11 is 0. The number of aliphatic carboxylic acids is 1. The number of carboxylic acids is 1. The molecule has 0 aromatic heterocycles. The third-order valence-corrected chi connectivity index (χ3v) is 31.7. The minimum absolute atomic E-state index is 0.00755. The van der Waals surface area contributed by atoms with Gasteiger partial charge in [0.1, 0.15) is 0 Å². The molecule has 6 fully saturated rings. The van der Waals surface area contributed by atoms with Crippen LogP contribution in [-0.4, -0.2) is 51.7 Å². The molecule has 17 bridgehead atoms. The van der Waals surface area contributed by atoms with Crippen LogP contribution in [0.5, 0.6) is 0 Å². The molecule has 19 atom stereocenters. The van der Waals surface area contributed by atoms with Crippen LogP contribution in [0.2, 0.25) is 0 Å². The summed E-state index contributed by atoms with van der Waals surface area (Å²) < 4.78 is 0. The van der Waals surface area contributed by atoms with Gasteiger partial charge < -0.3 is 31.1 Å². The van der Waals surface area contributed by atoms with E-state index in [9.17, 15) is 20.4 Å². The Morgan fingerprint density at radius 3 is 2.46 bits per heavy atom. The lowest BCUT2D eigenvalue weighted by molar-refractivity contribution is -0.218. The predicted molar refractivity (Wildman–Crippen MR) is 380 cm³/mol. The average molecular weight is 1270 g/mol. The molecule has 6 aliphatic heterocycles. The molecule has 6 saturated carbocycles. The van der Waals surface area contributed by atoms with E-state index in [0.29, 0.717) is 42.9 Å². The largest absolute Gasteiger partial charge is 0.516 e. The number of aryl methyl sites for hydroxylation is 1. The summed E-state index contributed by atoms with van der Waals surface area (Å²) in [6.45, 7) is 8.97. The van der Waals surface area contributed by atoms with Crippen LogP contribution in [0.3, 0.4) is 0 Å². The third-order valence-electron chi connectivity index (χ3n) is 31.7. The molecule has 0 amide bonds. The van der Waals surface area contributed by atoms with Crippen LogP contribution >= 0.6 is 0 Å². The van der Waals surface area contributed by atoms with Crippen molar-refractivity contribution in [3.8, 4) is 0 Å². The molecule has 19 aliphatic rings. The summed E-state index contributed by atoms with van der Waals surface area (Å²) in [4.78, 5) is 15.5. The van der Waals surface area contributed by atoms with Gasteiger partial charge in [-0.25, -0.2) is 0 Å². The van der Waals surface area contributed by atoms with Crippen LogP contribution in [0.4, 0.5) is 0 Å². The fourth-order valence-electron chi connectivity index (χ4n) is 28.4. The van der Waals surface area contributed by atoms with E-state index in [1.54, 1.807) is 16.7 Å². The van der Waals surface area contributed by atoms with Crippen molar-refractivity contribution in [1.29, 1.82) is 0 Å². The van der Waals surface area contributed by atoms with Crippen LogP contribution in [0.1, 0.15) is 191 Å². The molecule has 3 aromatic rings. The van der Waals surface area contributed by atoms with Gasteiger partial charge >= 0.3 is 5.97 Å². The van der Waals surface area contributed by atoms with Gasteiger partial charge in [0.05, 0.1) is 30.2 Å². The van der Waals surface area contributed by atoms with Crippen molar-refractivity contribution in [1.82, 2.24) is 10.6 Å². The van der Waals surface area contributed by atoms with E-state index in [1.165, 1.54) is 108 Å². The molecule has 95 heavy (non-hydrogen) atoms. The molecule has 13 aliphatic carbocycles. The van der Waals surface area contributed by atoms with Crippen molar-refractivity contribution in [3.05, 3.63) is 195 Å². The Kier molecular flexibility index (Phi) is 14.4. The number of aliphatic hydroxyl groups excluding tert-OH is 3. The Balaban J connectivity index is 0.867. The number of fused-ring (bicyclic) bond motifs is 1. The zero-order valence-electron chi connectivity index (χ0n) is 57.2. The van der Waals surface area contributed by atoms with E-state index >= 15 is 4.79 Å². The molecule has 6 heterocycles. The number of carbonyl (C=O) groups is 1. The molecule has 7 heteroatoms. The van der Waals surface area contributed by atoms with Crippen LogP contribution in [0.25, 0.3) is 17.2 Å². The molecule has 7 nitrogen and oxygen atoms in total. The number of hydrogen-bond acceptors (Lipinski definition) is 6. The number of carboxylic acid groups (broad SMARTS) is 1. The molecule has 22 rings (SSSR count). The van der Waals surface area contributed by atoms with Crippen LogP contribution in [0.15, 0.2) is 162 Å². The van der Waals surface area contributed by atoms with Crippen LogP contribution in [-0.2, 0) is 24.1 Å². The second kappa shape index (κ2) is 22.3. The Hall–Kier alpha value is -5.89. The second-order valence-electron chi connectivity index (χ2n) is 34.7. The van der Waals surface area contributed by atoms with E-state index in [-0.39, 0.29) is 51.2 Å². The predicted octanol–water partition coefficient (Wildman–Crippen LogP) is 16.5. The van der Waals surface area contributed by atoms with Gasteiger partial charge in [-0.3, -0.25) is 4.79 Å². The average Bonchev–Trinajstić information content (AvgIpc) is 1.50. The fourth-order valence-corrected chi connectivity index (χ4v) is 28.4. The highest BCUT2D eigenvalue weighted by Gasteiger charge is 2.88. The Bertz CT molecular complexity index is 4060. The van der Waals surface area contributed by atoms with E-state index in [1.807, 2.05) is 0 Å². The topological polar surface area (TPSA) is 122 Å². The summed E-state index contributed by atoms with van der Waals surface area (Å²) in [6, 6.07) is 28.1. The molecule has 0 radical (unpaired) electrons. The van der Waals surface area contributed by atoms with Gasteiger partial charge in [0.25, 0.3) is 0 Å². The first kappa shape index (κ1) is 61.4. The second-order valence-corrected chi connectivity index (χ2v) is 34.7. The zero-order chi connectivity index (χ0) is 64.5. The highest BCUT2D eigenvalue weighted by atomic mass is 16.4. The summed E-state index contributed by atoms with van der Waals surface area (Å²) in [6.07, 6.45) is 52.1. The molecule has 6 N–H and O–H groups in total. The number of nitrogens with one attached hydrogen (secondary N) is 2. The minimum atomic E-state index is -1.07. The van der Waals surface area contributed by atoms with Crippen molar-refractivity contribution >= 4 is 23.2 Å². The first-order chi connectivity index (χ1) is 46.2. The number of benzene rings is 3. The van der Waals surface area contributed by atoms with Crippen molar-refractivity contribution in [3.63, 3.8) is 0 Å². The summed E-state index contributed by atoms with van der Waals surface area (Å²) in [5.41, 5.74) is 10.6. The number of unbranched alkanes of at least 4 members (excludes halogenated alkanes) is 2. The minimum Gasteiger partial charge on any atom is -0.516 e. The lowest BCUT2D eigenvalue weighted by Gasteiger charge is -2.77. The maximum Gasteiger partial charge on any atom is 0.307 e. The van der Waals surface area contributed by atoms with Gasteiger partial charge in [-0.05, 0) is 259 Å². The van der Waals surface area contributed by atoms with E-state index in [2.05, 4.69) is 165 Å². The Labute approximate surface area is 566 Å². The van der Waals surface area contributed by atoms with E-state index in [0.717, 1.165) is 114 Å². The summed E-state index contributed by atoms with van der Waals surface area (Å²) in [7, 11) is 0. The van der Waals surface area contributed by atoms with Gasteiger partial charge in [0.15, 0.2) is 0 Å². The van der Waals surface area contributed by atoms with Crippen LogP contribution in [0, 0.1) is 102 Å². The van der Waals surface area contributed by atoms with Crippen LogP contribution < -0.4 is 21.1 Å². The molecule has 4 spiro atoms. The monoisotopic (exact) mass is 1270 g/mol. The van der Waals surface area contributed by atoms with Gasteiger partial charge in [-0.2, -0.15) is 0 Å². The van der Waals surface area contributed by atoms with Gasteiger partial charge in [0.2, 0.25) is 0 Å². The molecular formula is C88H106N2O5. The molecule has 3 aromatic carbocycles. The van der Waals surface area contributed by atoms with Gasteiger partial charge in [-0.1, -0.05) is 192 Å². The van der Waals surface area contributed by atoms with Gasteiger partial charge in [0, 0.05) is 46.1 Å². The highest BCUT2D eigenvalue weighted by molar-refractivity contribution is 5.78. The van der Waals surface area contributed by atoms with Crippen molar-refractivity contribution in [2.24, 2.45) is 102 Å². The van der Waals surface area contributed by atoms with Crippen molar-refractivity contribution in [2.75, 3.05) is 13.1 Å². The maximum absolute atomic E-state index is 15.5. The molecule has 0 unspecified atom stereocenters. The maximum atomic E-state index is 15.5. The van der Waals surface area contributed by atoms with Gasteiger partial charge in [-0.15, -0.1) is 0 Å². The number of allylic oxidation sites excluding steroid dienone is 12. The molecule has 498 valence electrons. The number of rotatable bonds is 8. The lowest BCUT2D eigenvalue weighted by atomic mass is 9.26. The number of aliphatic hydroxyl groups is 3. The fraction of sp³-hybridized carbons (Fsp3) is 0.580.